The van der Waals surface area contributed by atoms with Gasteiger partial charge in [0, 0.05) is 30.0 Å². The minimum absolute atomic E-state index is 0.107. The molecular weight excluding hydrogens is 622 g/mol. The van der Waals surface area contributed by atoms with E-state index in [1.165, 1.54) is 4.90 Å². The van der Waals surface area contributed by atoms with Crippen molar-refractivity contribution in [3.05, 3.63) is 88.4 Å². The zero-order valence-electron chi connectivity index (χ0n) is 23.8. The molecule has 1 atom stereocenters. The first-order valence-corrected chi connectivity index (χ1v) is 16.5. The molecule has 1 aliphatic rings. The Hall–Kier alpha value is -3.57. The number of unbranched alkanes of at least 4 members (excludes halogenated alkanes) is 1. The molecule has 1 aliphatic heterocycles. The number of benzene rings is 3. The fraction of sp³-hybridized carbons (Fsp3) is 0.355. The molecule has 0 unspecified atom stereocenters. The molecule has 0 radical (unpaired) electrons. The monoisotopic (exact) mass is 657 g/mol. The number of fused-ring (bicyclic) bond motifs is 1. The predicted molar refractivity (Wildman–Crippen MR) is 166 cm³/mol. The van der Waals surface area contributed by atoms with Crippen molar-refractivity contribution in [3.8, 4) is 11.5 Å². The van der Waals surface area contributed by atoms with Gasteiger partial charge in [-0.3, -0.25) is 13.9 Å². The molecule has 0 saturated heterocycles. The van der Waals surface area contributed by atoms with Gasteiger partial charge < -0.3 is 19.7 Å². The Morgan fingerprint density at radius 1 is 0.952 bits per heavy atom. The summed E-state index contributed by atoms with van der Waals surface area (Å²) in [6.45, 7) is 2.85. The number of nitrogens with one attached hydrogen (secondary N) is 1. The van der Waals surface area contributed by atoms with Crippen LogP contribution in [0.2, 0.25) is 0 Å². The van der Waals surface area contributed by atoms with Gasteiger partial charge >= 0.3 is 0 Å². The highest BCUT2D eigenvalue weighted by Crippen LogP contribution is 2.35. The van der Waals surface area contributed by atoms with Crippen LogP contribution in [0.15, 0.2) is 77.3 Å². The van der Waals surface area contributed by atoms with Gasteiger partial charge in [0.25, 0.3) is 0 Å². The Labute approximate surface area is 256 Å². The maximum atomic E-state index is 14.2. The average molecular weight is 659 g/mol. The first-order chi connectivity index (χ1) is 20.2. The molecule has 3 aromatic rings. The lowest BCUT2D eigenvalue weighted by molar-refractivity contribution is -0.140. The van der Waals surface area contributed by atoms with Crippen LogP contribution in [0.5, 0.6) is 11.5 Å². The second-order valence-corrected chi connectivity index (χ2v) is 12.9. The van der Waals surface area contributed by atoms with Gasteiger partial charge in [0.05, 0.1) is 11.9 Å². The number of nitrogens with zero attached hydrogens (tertiary/aromatic N) is 2. The standard InChI is InChI=1S/C31H36BrN3O6S/c1-3-4-15-33-31(37)27(19-23-9-6-5-7-10-23)34(21-24-11-8-12-25(32)18-24)30(36)22-35(42(2,38)39)26-13-14-28-29(20-26)41-17-16-40-28/h5-14,18,20,27H,3-4,15-17,19,21-22H2,1-2H3,(H,33,37)/t27-/m0/s1. The van der Waals surface area contributed by atoms with E-state index in [0.29, 0.717) is 31.3 Å². The van der Waals surface area contributed by atoms with Crippen LogP contribution in [0.1, 0.15) is 30.9 Å². The van der Waals surface area contributed by atoms with Crippen molar-refractivity contribution in [3.63, 3.8) is 0 Å². The number of hydrogen-bond acceptors (Lipinski definition) is 6. The molecule has 4 rings (SSSR count). The number of carbonyl (C=O) groups is 2. The number of halogens is 1. The largest absolute Gasteiger partial charge is 0.486 e. The lowest BCUT2D eigenvalue weighted by Gasteiger charge is -2.33. The molecule has 3 aromatic carbocycles. The van der Waals surface area contributed by atoms with E-state index in [2.05, 4.69) is 21.2 Å². The van der Waals surface area contributed by atoms with Crippen molar-refractivity contribution in [2.75, 3.05) is 36.9 Å². The lowest BCUT2D eigenvalue weighted by atomic mass is 10.0. The summed E-state index contributed by atoms with van der Waals surface area (Å²) < 4.78 is 39.2. The van der Waals surface area contributed by atoms with Gasteiger partial charge in [-0.05, 0) is 41.8 Å². The molecule has 0 fully saturated rings. The van der Waals surface area contributed by atoms with Crippen LogP contribution in [0, 0.1) is 0 Å². The topological polar surface area (TPSA) is 105 Å². The quantitative estimate of drug-likeness (QED) is 0.271. The summed E-state index contributed by atoms with van der Waals surface area (Å²) in [5.41, 5.74) is 1.94. The van der Waals surface area contributed by atoms with Gasteiger partial charge in [0.2, 0.25) is 21.8 Å². The molecule has 9 nitrogen and oxygen atoms in total. The lowest BCUT2D eigenvalue weighted by Crippen LogP contribution is -2.53. The highest BCUT2D eigenvalue weighted by atomic mass is 79.9. The molecule has 0 bridgehead atoms. The first kappa shape index (κ1) is 31.4. The van der Waals surface area contributed by atoms with E-state index in [4.69, 9.17) is 9.47 Å². The van der Waals surface area contributed by atoms with Gasteiger partial charge in [-0.1, -0.05) is 71.7 Å². The van der Waals surface area contributed by atoms with E-state index >= 15 is 0 Å². The third-order valence-electron chi connectivity index (χ3n) is 6.84. The normalized spacial score (nSPS) is 13.2. The van der Waals surface area contributed by atoms with E-state index in [-0.39, 0.29) is 24.6 Å². The zero-order chi connectivity index (χ0) is 30.1. The maximum absolute atomic E-state index is 14.2. The summed E-state index contributed by atoms with van der Waals surface area (Å²) in [5.74, 6) is 0.110. The SMILES string of the molecule is CCCCNC(=O)[C@H](Cc1ccccc1)N(Cc1cccc(Br)c1)C(=O)CN(c1ccc2c(c1)OCCO2)S(C)(=O)=O. The maximum Gasteiger partial charge on any atom is 0.244 e. The van der Waals surface area contributed by atoms with E-state index < -0.39 is 28.5 Å². The summed E-state index contributed by atoms with van der Waals surface area (Å²) in [7, 11) is -3.89. The minimum Gasteiger partial charge on any atom is -0.486 e. The van der Waals surface area contributed by atoms with Crippen LogP contribution in [-0.4, -0.2) is 63.7 Å². The number of hydrogen-bond donors (Lipinski definition) is 1. The van der Waals surface area contributed by atoms with Gasteiger partial charge in [-0.25, -0.2) is 8.42 Å². The van der Waals surface area contributed by atoms with Gasteiger partial charge in [-0.15, -0.1) is 0 Å². The molecule has 0 aromatic heterocycles. The highest BCUT2D eigenvalue weighted by molar-refractivity contribution is 9.10. The zero-order valence-corrected chi connectivity index (χ0v) is 26.2. The number of ether oxygens (including phenoxy) is 2. The average Bonchev–Trinajstić information content (AvgIpc) is 2.97. The van der Waals surface area contributed by atoms with Crippen LogP contribution >= 0.6 is 15.9 Å². The number of carbonyl (C=O) groups excluding carboxylic acids is 2. The fourth-order valence-corrected chi connectivity index (χ4v) is 5.98. The molecule has 2 amide bonds. The Morgan fingerprint density at radius 2 is 1.67 bits per heavy atom. The summed E-state index contributed by atoms with van der Waals surface area (Å²) in [6.07, 6.45) is 3.02. The second-order valence-electron chi connectivity index (χ2n) is 10.1. The highest BCUT2D eigenvalue weighted by Gasteiger charge is 2.33. The summed E-state index contributed by atoms with van der Waals surface area (Å²) in [5, 5.41) is 2.98. The first-order valence-electron chi connectivity index (χ1n) is 13.9. The Bertz CT molecular complexity index is 1480. The van der Waals surface area contributed by atoms with E-state index in [9.17, 15) is 18.0 Å². The van der Waals surface area contributed by atoms with E-state index in [1.807, 2.05) is 61.5 Å². The number of amides is 2. The second kappa shape index (κ2) is 14.6. The summed E-state index contributed by atoms with van der Waals surface area (Å²) in [6, 6.07) is 20.8. The van der Waals surface area contributed by atoms with Crippen LogP contribution in [0.25, 0.3) is 0 Å². The third kappa shape index (κ3) is 8.48. The molecule has 1 heterocycles. The van der Waals surface area contributed by atoms with E-state index in [0.717, 1.165) is 39.0 Å². The molecular formula is C31H36BrN3O6S. The molecule has 11 heteroatoms. The van der Waals surface area contributed by atoms with Crippen molar-refractivity contribution in [2.45, 2.75) is 38.8 Å². The number of anilines is 1. The molecule has 1 N–H and O–H groups in total. The molecule has 0 saturated carbocycles. The minimum atomic E-state index is -3.89. The number of sulfonamides is 1. The van der Waals surface area contributed by atoms with Crippen LogP contribution in [0.3, 0.4) is 0 Å². The third-order valence-corrected chi connectivity index (χ3v) is 8.47. The van der Waals surface area contributed by atoms with Gasteiger partial charge in [0.1, 0.15) is 25.8 Å². The van der Waals surface area contributed by atoms with Crippen LogP contribution in [0.4, 0.5) is 5.69 Å². The summed E-state index contributed by atoms with van der Waals surface area (Å²) in [4.78, 5) is 29.3. The van der Waals surface area contributed by atoms with Crippen LogP contribution in [-0.2, 0) is 32.6 Å². The smallest absolute Gasteiger partial charge is 0.244 e. The Balaban J connectivity index is 1.71. The van der Waals surface area contributed by atoms with Crippen molar-refractivity contribution in [1.82, 2.24) is 10.2 Å². The van der Waals surface area contributed by atoms with Gasteiger partial charge in [-0.2, -0.15) is 0 Å². The molecule has 224 valence electrons. The van der Waals surface area contributed by atoms with Gasteiger partial charge in [0.15, 0.2) is 11.5 Å². The molecule has 0 spiro atoms. The van der Waals surface area contributed by atoms with Crippen molar-refractivity contribution >= 4 is 43.5 Å². The van der Waals surface area contributed by atoms with Crippen molar-refractivity contribution in [2.24, 2.45) is 0 Å². The molecule has 0 aliphatic carbocycles. The predicted octanol–water partition coefficient (Wildman–Crippen LogP) is 4.54. The molecule has 42 heavy (non-hydrogen) atoms. The van der Waals surface area contributed by atoms with Crippen molar-refractivity contribution < 1.29 is 27.5 Å². The Morgan fingerprint density at radius 3 is 2.36 bits per heavy atom. The Kier molecular flexibility index (Phi) is 10.9. The number of rotatable bonds is 13. The summed E-state index contributed by atoms with van der Waals surface area (Å²) >= 11 is 3.49. The van der Waals surface area contributed by atoms with E-state index in [1.54, 1.807) is 18.2 Å². The van der Waals surface area contributed by atoms with Crippen LogP contribution < -0.4 is 19.1 Å². The van der Waals surface area contributed by atoms with Crippen molar-refractivity contribution in [1.29, 1.82) is 0 Å². The fourth-order valence-electron chi connectivity index (χ4n) is 4.69.